The van der Waals surface area contributed by atoms with Crippen LogP contribution in [0.3, 0.4) is 0 Å². The first-order chi connectivity index (χ1) is 11.6. The molecule has 0 fully saturated rings. The van der Waals surface area contributed by atoms with E-state index in [1.165, 1.54) is 6.08 Å². The smallest absolute Gasteiger partial charge is 0.318 e. The molecular formula is C20H27NO4. The molecule has 1 aromatic carbocycles. The Labute approximate surface area is 148 Å². The summed E-state index contributed by atoms with van der Waals surface area (Å²) in [6.07, 6.45) is -0.658. The second-order valence-corrected chi connectivity index (χ2v) is 7.43. The number of rotatable bonds is 6. The monoisotopic (exact) mass is 345 g/mol. The third-order valence-electron chi connectivity index (χ3n) is 3.93. The van der Waals surface area contributed by atoms with Crippen molar-refractivity contribution in [2.45, 2.75) is 57.8 Å². The third-order valence-corrected chi connectivity index (χ3v) is 3.93. The van der Waals surface area contributed by atoms with Gasteiger partial charge in [0.2, 0.25) is 0 Å². The maximum absolute atomic E-state index is 12.7. The van der Waals surface area contributed by atoms with Crippen molar-refractivity contribution in [3.63, 3.8) is 0 Å². The van der Waals surface area contributed by atoms with Crippen molar-refractivity contribution in [3.05, 3.63) is 48.2 Å². The minimum atomic E-state index is -1.10. The number of aliphatic hydroxyl groups excluding tert-OH is 2. The standard InChI is InChI=1S/C20H27NO4/c1-6-14(22)11-17(23)18(19(24)25-20(3,4)5)16-10-13-9-12(2)7-8-15(13)21-16/h6-10,14,17-18,21-23H,1,11H2,2-5H3. The number of hydrogen-bond donors (Lipinski definition) is 3. The minimum absolute atomic E-state index is 0.00179. The van der Waals surface area contributed by atoms with E-state index in [2.05, 4.69) is 11.6 Å². The Morgan fingerprint density at radius 2 is 2.00 bits per heavy atom. The zero-order chi connectivity index (χ0) is 18.8. The molecule has 5 nitrogen and oxygen atoms in total. The van der Waals surface area contributed by atoms with Gasteiger partial charge in [0.1, 0.15) is 11.5 Å². The molecule has 0 bridgehead atoms. The molecule has 0 amide bonds. The Balaban J connectivity index is 2.40. The fourth-order valence-electron chi connectivity index (χ4n) is 2.78. The van der Waals surface area contributed by atoms with Gasteiger partial charge in [0.25, 0.3) is 0 Å². The van der Waals surface area contributed by atoms with Gasteiger partial charge in [-0.3, -0.25) is 4.79 Å². The molecule has 0 aliphatic rings. The zero-order valence-electron chi connectivity index (χ0n) is 15.2. The summed E-state index contributed by atoms with van der Waals surface area (Å²) in [6.45, 7) is 10.8. The molecule has 2 rings (SSSR count). The summed E-state index contributed by atoms with van der Waals surface area (Å²) in [5.41, 5.74) is 1.88. The molecule has 25 heavy (non-hydrogen) atoms. The molecule has 1 heterocycles. The van der Waals surface area contributed by atoms with Crippen molar-refractivity contribution >= 4 is 16.9 Å². The number of aromatic nitrogens is 1. The van der Waals surface area contributed by atoms with Crippen LogP contribution in [0.1, 0.15) is 44.4 Å². The van der Waals surface area contributed by atoms with E-state index in [1.54, 1.807) is 20.8 Å². The van der Waals surface area contributed by atoms with E-state index in [4.69, 9.17) is 4.74 Å². The maximum atomic E-state index is 12.7. The lowest BCUT2D eigenvalue weighted by molar-refractivity contribution is -0.160. The molecule has 0 spiro atoms. The molecule has 3 N–H and O–H groups in total. The van der Waals surface area contributed by atoms with Crippen LogP contribution in [-0.4, -0.2) is 39.0 Å². The highest BCUT2D eigenvalue weighted by atomic mass is 16.6. The van der Waals surface area contributed by atoms with Crippen molar-refractivity contribution in [1.82, 2.24) is 4.98 Å². The molecule has 0 saturated carbocycles. The van der Waals surface area contributed by atoms with Gasteiger partial charge < -0.3 is 19.9 Å². The number of ether oxygens (including phenoxy) is 1. The number of aliphatic hydroxyl groups is 2. The van der Waals surface area contributed by atoms with Crippen LogP contribution in [0.25, 0.3) is 10.9 Å². The van der Waals surface area contributed by atoms with Crippen LogP contribution >= 0.6 is 0 Å². The van der Waals surface area contributed by atoms with E-state index in [0.717, 1.165) is 16.5 Å². The van der Waals surface area contributed by atoms with Gasteiger partial charge in [0.05, 0.1) is 12.2 Å². The molecule has 3 atom stereocenters. The first-order valence-corrected chi connectivity index (χ1v) is 8.41. The molecule has 136 valence electrons. The summed E-state index contributed by atoms with van der Waals surface area (Å²) in [6, 6.07) is 7.77. The number of benzene rings is 1. The van der Waals surface area contributed by atoms with Gasteiger partial charge in [-0.05, 0) is 51.3 Å². The van der Waals surface area contributed by atoms with Crippen LogP contribution in [0.4, 0.5) is 0 Å². The molecule has 1 aromatic heterocycles. The fraction of sp³-hybridized carbons (Fsp3) is 0.450. The predicted molar refractivity (Wildman–Crippen MR) is 98.4 cm³/mol. The van der Waals surface area contributed by atoms with E-state index in [1.807, 2.05) is 31.2 Å². The van der Waals surface area contributed by atoms with Crippen molar-refractivity contribution in [3.8, 4) is 0 Å². The van der Waals surface area contributed by atoms with Gasteiger partial charge >= 0.3 is 5.97 Å². The van der Waals surface area contributed by atoms with Gasteiger partial charge in [-0.2, -0.15) is 0 Å². The molecular weight excluding hydrogens is 318 g/mol. The van der Waals surface area contributed by atoms with Crippen molar-refractivity contribution in [2.24, 2.45) is 0 Å². The summed E-state index contributed by atoms with van der Waals surface area (Å²) < 4.78 is 5.48. The lowest BCUT2D eigenvalue weighted by Gasteiger charge is -2.26. The normalized spacial score (nSPS) is 15.6. The first-order valence-electron chi connectivity index (χ1n) is 8.41. The minimum Gasteiger partial charge on any atom is -0.459 e. The molecule has 5 heteroatoms. The highest BCUT2D eigenvalue weighted by molar-refractivity contribution is 5.85. The molecule has 0 aliphatic heterocycles. The van der Waals surface area contributed by atoms with E-state index in [0.29, 0.717) is 5.69 Å². The van der Waals surface area contributed by atoms with Gasteiger partial charge in [0, 0.05) is 17.6 Å². The molecule has 0 aliphatic carbocycles. The summed E-state index contributed by atoms with van der Waals surface area (Å²) in [4.78, 5) is 15.9. The number of carbonyl (C=O) groups excluding carboxylic acids is 1. The number of H-pyrrole nitrogens is 1. The van der Waals surface area contributed by atoms with Crippen LogP contribution in [-0.2, 0) is 9.53 Å². The molecule has 2 aromatic rings. The lowest BCUT2D eigenvalue weighted by Crippen LogP contribution is -2.35. The van der Waals surface area contributed by atoms with E-state index in [9.17, 15) is 15.0 Å². The number of esters is 1. The van der Waals surface area contributed by atoms with E-state index < -0.39 is 29.7 Å². The Kier molecular flexibility index (Phi) is 5.70. The quantitative estimate of drug-likeness (QED) is 0.555. The highest BCUT2D eigenvalue weighted by Crippen LogP contribution is 2.29. The number of carbonyl (C=O) groups is 1. The Morgan fingerprint density at radius 1 is 1.32 bits per heavy atom. The van der Waals surface area contributed by atoms with Crippen molar-refractivity contribution in [1.29, 1.82) is 0 Å². The van der Waals surface area contributed by atoms with Gasteiger partial charge in [-0.15, -0.1) is 6.58 Å². The topological polar surface area (TPSA) is 82.6 Å². The van der Waals surface area contributed by atoms with Crippen LogP contribution in [0.15, 0.2) is 36.9 Å². The van der Waals surface area contributed by atoms with Gasteiger partial charge in [0.15, 0.2) is 0 Å². The van der Waals surface area contributed by atoms with E-state index >= 15 is 0 Å². The average Bonchev–Trinajstić information content (AvgIpc) is 2.87. The van der Waals surface area contributed by atoms with Crippen LogP contribution in [0.2, 0.25) is 0 Å². The van der Waals surface area contributed by atoms with E-state index in [-0.39, 0.29) is 6.42 Å². The largest absolute Gasteiger partial charge is 0.459 e. The van der Waals surface area contributed by atoms with Crippen LogP contribution in [0.5, 0.6) is 0 Å². The predicted octanol–water partition coefficient (Wildman–Crippen LogP) is 3.20. The Bertz CT molecular complexity index is 757. The Hall–Kier alpha value is -2.11. The SMILES string of the molecule is C=CC(O)CC(O)C(C(=O)OC(C)(C)C)c1cc2cc(C)ccc2[nH]1. The number of fused-ring (bicyclic) bond motifs is 1. The summed E-state index contributed by atoms with van der Waals surface area (Å²) in [7, 11) is 0. The van der Waals surface area contributed by atoms with Gasteiger partial charge in [-0.1, -0.05) is 17.7 Å². The number of hydrogen-bond acceptors (Lipinski definition) is 4. The van der Waals surface area contributed by atoms with Crippen LogP contribution in [0, 0.1) is 6.92 Å². The first kappa shape index (κ1) is 19.2. The van der Waals surface area contributed by atoms with Crippen molar-refractivity contribution in [2.75, 3.05) is 0 Å². The molecule has 0 radical (unpaired) electrons. The maximum Gasteiger partial charge on any atom is 0.318 e. The Morgan fingerprint density at radius 3 is 2.60 bits per heavy atom. The average molecular weight is 345 g/mol. The molecule has 0 saturated heterocycles. The van der Waals surface area contributed by atoms with Crippen molar-refractivity contribution < 1.29 is 19.7 Å². The third kappa shape index (κ3) is 4.94. The van der Waals surface area contributed by atoms with Gasteiger partial charge in [-0.25, -0.2) is 0 Å². The lowest BCUT2D eigenvalue weighted by atomic mass is 9.93. The second kappa shape index (κ2) is 7.42. The zero-order valence-corrected chi connectivity index (χ0v) is 15.2. The number of nitrogens with one attached hydrogen (secondary N) is 1. The summed E-state index contributed by atoms with van der Waals surface area (Å²) in [5.74, 6) is -1.44. The number of aryl methyl sites for hydroxylation is 1. The summed E-state index contributed by atoms with van der Waals surface area (Å²) >= 11 is 0. The second-order valence-electron chi connectivity index (χ2n) is 7.43. The molecule has 3 unspecified atom stereocenters. The van der Waals surface area contributed by atoms with Crippen LogP contribution < -0.4 is 0 Å². The highest BCUT2D eigenvalue weighted by Gasteiger charge is 2.34. The fourth-order valence-corrected chi connectivity index (χ4v) is 2.78. The number of aromatic amines is 1. The summed E-state index contributed by atoms with van der Waals surface area (Å²) in [5, 5.41) is 21.3.